The van der Waals surface area contributed by atoms with Crippen LogP contribution in [-0.2, 0) is 10.0 Å². The van der Waals surface area contributed by atoms with Gasteiger partial charge < -0.3 is 5.32 Å². The summed E-state index contributed by atoms with van der Waals surface area (Å²) >= 11 is 0. The molecule has 2 aromatic heterocycles. The van der Waals surface area contributed by atoms with E-state index in [1.165, 1.54) is 12.1 Å². The Morgan fingerprint density at radius 2 is 2.07 bits per heavy atom. The third-order valence-electron chi connectivity index (χ3n) is 4.26. The van der Waals surface area contributed by atoms with E-state index in [1.54, 1.807) is 41.2 Å². The molecule has 0 saturated heterocycles. The Hall–Kier alpha value is -2.78. The van der Waals surface area contributed by atoms with Crippen molar-refractivity contribution in [2.75, 3.05) is 6.54 Å². The molecule has 0 aliphatic rings. The quantitative estimate of drug-likeness (QED) is 0.602. The summed E-state index contributed by atoms with van der Waals surface area (Å²) in [5, 5.41) is 2.75. The summed E-state index contributed by atoms with van der Waals surface area (Å²) < 4.78 is 30.2. The predicted octanol–water partition coefficient (Wildman–Crippen LogP) is 2.30. The van der Waals surface area contributed by atoms with Crippen LogP contribution in [0.3, 0.4) is 0 Å². The maximum Gasteiger partial charge on any atom is 0.251 e. The van der Waals surface area contributed by atoms with Crippen molar-refractivity contribution in [2.45, 2.75) is 37.6 Å². The van der Waals surface area contributed by atoms with E-state index < -0.39 is 16.1 Å². The minimum atomic E-state index is -3.83. The zero-order chi connectivity index (χ0) is 20.1. The third kappa shape index (κ3) is 4.37. The van der Waals surface area contributed by atoms with Crippen molar-refractivity contribution in [3.05, 3.63) is 60.2 Å². The Kier molecular flexibility index (Phi) is 6.05. The van der Waals surface area contributed by atoms with Crippen molar-refractivity contribution in [1.29, 1.82) is 0 Å². The first-order chi connectivity index (χ1) is 13.4. The first kappa shape index (κ1) is 20.0. The van der Waals surface area contributed by atoms with Gasteiger partial charge >= 0.3 is 0 Å². The lowest BCUT2D eigenvalue weighted by Crippen LogP contribution is -2.29. The SMILES string of the molecule is CCCNC(=O)c1cccc(S(=O)(=O)NC(CC)c2cn3cccnc3n2)c1. The van der Waals surface area contributed by atoms with Crippen LogP contribution in [0.4, 0.5) is 0 Å². The van der Waals surface area contributed by atoms with E-state index in [2.05, 4.69) is 20.0 Å². The summed E-state index contributed by atoms with van der Waals surface area (Å²) in [5.74, 6) is 0.210. The number of nitrogens with one attached hydrogen (secondary N) is 2. The van der Waals surface area contributed by atoms with Crippen molar-refractivity contribution in [3.63, 3.8) is 0 Å². The number of nitrogens with zero attached hydrogens (tertiary/aromatic N) is 3. The highest BCUT2D eigenvalue weighted by atomic mass is 32.2. The van der Waals surface area contributed by atoms with Gasteiger partial charge in [-0.2, -0.15) is 0 Å². The van der Waals surface area contributed by atoms with Gasteiger partial charge in [0.1, 0.15) is 0 Å². The number of benzene rings is 1. The molecule has 0 saturated carbocycles. The number of aromatic nitrogens is 3. The molecule has 1 amide bonds. The minimum Gasteiger partial charge on any atom is -0.352 e. The minimum absolute atomic E-state index is 0.0389. The number of amides is 1. The average Bonchev–Trinajstić information content (AvgIpc) is 3.14. The van der Waals surface area contributed by atoms with E-state index in [0.29, 0.717) is 30.0 Å². The van der Waals surface area contributed by atoms with E-state index in [-0.39, 0.29) is 10.8 Å². The fourth-order valence-corrected chi connectivity index (χ4v) is 4.11. The largest absolute Gasteiger partial charge is 0.352 e. The van der Waals surface area contributed by atoms with E-state index in [0.717, 1.165) is 6.42 Å². The van der Waals surface area contributed by atoms with E-state index in [4.69, 9.17) is 0 Å². The third-order valence-corrected chi connectivity index (χ3v) is 5.73. The van der Waals surface area contributed by atoms with Gasteiger partial charge in [0.15, 0.2) is 0 Å². The van der Waals surface area contributed by atoms with Crippen LogP contribution in [0.2, 0.25) is 0 Å². The molecule has 2 heterocycles. The molecule has 8 nitrogen and oxygen atoms in total. The maximum absolute atomic E-state index is 12.9. The van der Waals surface area contributed by atoms with Crippen molar-refractivity contribution >= 4 is 21.7 Å². The number of rotatable bonds is 8. The molecule has 3 rings (SSSR count). The van der Waals surface area contributed by atoms with Crippen LogP contribution in [0.25, 0.3) is 5.78 Å². The van der Waals surface area contributed by atoms with Crippen molar-refractivity contribution < 1.29 is 13.2 Å². The molecule has 0 aliphatic heterocycles. The fourth-order valence-electron chi connectivity index (χ4n) is 2.77. The van der Waals surface area contributed by atoms with Gasteiger partial charge in [0.05, 0.1) is 16.6 Å². The number of hydrogen-bond acceptors (Lipinski definition) is 5. The molecule has 0 radical (unpaired) electrons. The normalized spacial score (nSPS) is 12.8. The Labute approximate surface area is 164 Å². The topological polar surface area (TPSA) is 105 Å². The fraction of sp³-hybridized carbons (Fsp3) is 0.316. The number of sulfonamides is 1. The van der Waals surface area contributed by atoms with Crippen LogP contribution < -0.4 is 10.0 Å². The van der Waals surface area contributed by atoms with Gasteiger partial charge in [-0.1, -0.05) is 19.9 Å². The predicted molar refractivity (Wildman–Crippen MR) is 105 cm³/mol. The average molecular weight is 401 g/mol. The number of imidazole rings is 1. The van der Waals surface area contributed by atoms with Crippen LogP contribution in [0.15, 0.2) is 53.8 Å². The summed E-state index contributed by atoms with van der Waals surface area (Å²) in [6.07, 6.45) is 6.51. The van der Waals surface area contributed by atoms with Gasteiger partial charge in [0, 0.05) is 30.7 Å². The van der Waals surface area contributed by atoms with Crippen LogP contribution in [0, 0.1) is 0 Å². The summed E-state index contributed by atoms with van der Waals surface area (Å²) in [5.41, 5.74) is 0.892. The van der Waals surface area contributed by atoms with E-state index >= 15 is 0 Å². The van der Waals surface area contributed by atoms with Crippen molar-refractivity contribution in [3.8, 4) is 0 Å². The maximum atomic E-state index is 12.9. The monoisotopic (exact) mass is 401 g/mol. The zero-order valence-corrected chi connectivity index (χ0v) is 16.6. The second kappa shape index (κ2) is 8.49. The van der Waals surface area contributed by atoms with Crippen molar-refractivity contribution in [2.24, 2.45) is 0 Å². The Balaban J connectivity index is 1.84. The first-order valence-electron chi connectivity index (χ1n) is 9.14. The molecule has 28 heavy (non-hydrogen) atoms. The lowest BCUT2D eigenvalue weighted by atomic mass is 10.2. The van der Waals surface area contributed by atoms with Gasteiger partial charge in [-0.3, -0.25) is 9.20 Å². The Bertz CT molecular complexity index is 1040. The molecule has 1 atom stereocenters. The molecule has 1 unspecified atom stereocenters. The highest BCUT2D eigenvalue weighted by Gasteiger charge is 2.23. The second-order valence-electron chi connectivity index (χ2n) is 6.36. The van der Waals surface area contributed by atoms with Crippen LogP contribution >= 0.6 is 0 Å². The Morgan fingerprint density at radius 1 is 1.25 bits per heavy atom. The zero-order valence-electron chi connectivity index (χ0n) is 15.8. The molecule has 2 N–H and O–H groups in total. The molecular weight excluding hydrogens is 378 g/mol. The van der Waals surface area contributed by atoms with Gasteiger partial charge in [0.25, 0.3) is 5.91 Å². The molecule has 0 aliphatic carbocycles. The van der Waals surface area contributed by atoms with Gasteiger partial charge in [-0.05, 0) is 37.1 Å². The van der Waals surface area contributed by atoms with E-state index in [9.17, 15) is 13.2 Å². The number of carbonyl (C=O) groups excluding carboxylic acids is 1. The molecule has 0 spiro atoms. The molecule has 0 fully saturated rings. The lowest BCUT2D eigenvalue weighted by molar-refractivity contribution is 0.0953. The second-order valence-corrected chi connectivity index (χ2v) is 8.07. The number of fused-ring (bicyclic) bond motifs is 1. The van der Waals surface area contributed by atoms with Gasteiger partial charge in [-0.25, -0.2) is 23.1 Å². The summed E-state index contributed by atoms with van der Waals surface area (Å²) in [6, 6.07) is 7.27. The molecular formula is C19H23N5O3S. The molecule has 0 bridgehead atoms. The van der Waals surface area contributed by atoms with Crippen molar-refractivity contribution in [1.82, 2.24) is 24.4 Å². The summed E-state index contributed by atoms with van der Waals surface area (Å²) in [7, 11) is -3.83. The molecule has 1 aromatic carbocycles. The number of hydrogen-bond donors (Lipinski definition) is 2. The highest BCUT2D eigenvalue weighted by molar-refractivity contribution is 7.89. The van der Waals surface area contributed by atoms with Crippen LogP contribution in [0.5, 0.6) is 0 Å². The first-order valence-corrected chi connectivity index (χ1v) is 10.6. The molecule has 3 aromatic rings. The van der Waals surface area contributed by atoms with Gasteiger partial charge in [-0.15, -0.1) is 0 Å². The number of carbonyl (C=O) groups is 1. The molecule has 9 heteroatoms. The highest BCUT2D eigenvalue weighted by Crippen LogP contribution is 2.20. The smallest absolute Gasteiger partial charge is 0.251 e. The standard InChI is InChI=1S/C19H23N5O3S/c1-3-9-20-18(25)14-7-5-8-15(12-14)28(26,27)23-16(4-2)17-13-24-11-6-10-21-19(24)22-17/h5-8,10-13,16,23H,3-4,9H2,1-2H3,(H,20,25). The van der Waals surface area contributed by atoms with E-state index in [1.807, 2.05) is 13.8 Å². The Morgan fingerprint density at radius 3 is 2.79 bits per heavy atom. The summed E-state index contributed by atoms with van der Waals surface area (Å²) in [6.45, 7) is 4.36. The molecule has 148 valence electrons. The summed E-state index contributed by atoms with van der Waals surface area (Å²) in [4.78, 5) is 20.7. The van der Waals surface area contributed by atoms with Crippen LogP contribution in [0.1, 0.15) is 48.8 Å². The van der Waals surface area contributed by atoms with Crippen LogP contribution in [-0.4, -0.2) is 35.2 Å². The van der Waals surface area contributed by atoms with Gasteiger partial charge in [0.2, 0.25) is 15.8 Å². The lowest BCUT2D eigenvalue weighted by Gasteiger charge is -2.15.